The Kier molecular flexibility index (Phi) is 5.48. The lowest BCUT2D eigenvalue weighted by Gasteiger charge is -2.13. The molecule has 1 amide bonds. The Morgan fingerprint density at radius 2 is 1.90 bits per heavy atom. The third-order valence-electron chi connectivity index (χ3n) is 4.89. The molecule has 0 aliphatic rings. The van der Waals surface area contributed by atoms with Crippen LogP contribution < -0.4 is 15.6 Å². The minimum absolute atomic E-state index is 0.160. The summed E-state index contributed by atoms with van der Waals surface area (Å²) < 4.78 is 11.8. The quantitative estimate of drug-likeness (QED) is 0.511. The van der Waals surface area contributed by atoms with E-state index in [0.717, 1.165) is 11.3 Å². The van der Waals surface area contributed by atoms with Gasteiger partial charge in [-0.1, -0.05) is 17.3 Å². The Morgan fingerprint density at radius 3 is 2.65 bits per heavy atom. The minimum atomic E-state index is -0.531. The number of nitrogens with zero attached hydrogens (tertiary/aromatic N) is 4. The van der Waals surface area contributed by atoms with Crippen molar-refractivity contribution in [1.82, 2.24) is 25.0 Å². The summed E-state index contributed by atoms with van der Waals surface area (Å²) in [6.07, 6.45) is 0. The van der Waals surface area contributed by atoms with Crippen LogP contribution >= 0.6 is 0 Å². The number of carbonyl (C=O) groups is 1. The predicted octanol–water partition coefficient (Wildman–Crippen LogP) is 2.64. The average Bonchev–Trinajstić information content (AvgIpc) is 3.27. The molecule has 0 unspecified atom stereocenters. The summed E-state index contributed by atoms with van der Waals surface area (Å²) in [6.45, 7) is 3.27. The molecule has 4 aromatic rings. The maximum absolute atomic E-state index is 12.7. The topological polar surface area (TPSA) is 112 Å². The van der Waals surface area contributed by atoms with Crippen LogP contribution in [-0.4, -0.2) is 32.7 Å². The van der Waals surface area contributed by atoms with Crippen molar-refractivity contribution in [3.8, 4) is 17.1 Å². The summed E-state index contributed by atoms with van der Waals surface area (Å²) in [4.78, 5) is 34.1. The molecule has 2 aromatic carbocycles. The molecule has 0 bridgehead atoms. The van der Waals surface area contributed by atoms with E-state index >= 15 is 0 Å². The Morgan fingerprint density at radius 1 is 1.16 bits per heavy atom. The van der Waals surface area contributed by atoms with Gasteiger partial charge in [-0.05, 0) is 50.2 Å². The molecule has 0 aliphatic heterocycles. The van der Waals surface area contributed by atoms with E-state index in [1.165, 1.54) is 4.57 Å². The number of hydrogen-bond acceptors (Lipinski definition) is 7. The highest BCUT2D eigenvalue weighted by Crippen LogP contribution is 2.21. The van der Waals surface area contributed by atoms with Crippen molar-refractivity contribution < 1.29 is 14.1 Å². The number of ether oxygens (including phenoxy) is 1. The first kappa shape index (κ1) is 20.3. The lowest BCUT2D eigenvalue weighted by molar-refractivity contribution is -0.122. The minimum Gasteiger partial charge on any atom is -0.497 e. The zero-order chi connectivity index (χ0) is 22.0. The molecule has 2 heterocycles. The molecule has 1 N–H and O–H groups in total. The van der Waals surface area contributed by atoms with Crippen LogP contribution in [0.1, 0.15) is 24.7 Å². The molecule has 0 fully saturated rings. The first-order chi connectivity index (χ1) is 15.0. The zero-order valence-corrected chi connectivity index (χ0v) is 17.3. The van der Waals surface area contributed by atoms with E-state index in [1.807, 2.05) is 18.2 Å². The molecule has 1 atom stereocenters. The highest BCUT2D eigenvalue weighted by molar-refractivity contribution is 5.79. The largest absolute Gasteiger partial charge is 0.497 e. The number of methoxy groups -OCH3 is 1. The van der Waals surface area contributed by atoms with E-state index in [0.29, 0.717) is 22.6 Å². The fourth-order valence-corrected chi connectivity index (χ4v) is 3.23. The van der Waals surface area contributed by atoms with E-state index < -0.39 is 6.04 Å². The highest BCUT2D eigenvalue weighted by atomic mass is 16.5. The van der Waals surface area contributed by atoms with Crippen LogP contribution in [0.25, 0.3) is 22.3 Å². The molecule has 9 nitrogen and oxygen atoms in total. The molecule has 0 saturated carbocycles. The van der Waals surface area contributed by atoms with E-state index in [1.54, 1.807) is 51.3 Å². The second kappa shape index (κ2) is 8.39. The van der Waals surface area contributed by atoms with Crippen molar-refractivity contribution in [2.45, 2.75) is 26.4 Å². The van der Waals surface area contributed by atoms with E-state index in [2.05, 4.69) is 20.4 Å². The van der Waals surface area contributed by atoms with Crippen molar-refractivity contribution >= 4 is 16.8 Å². The summed E-state index contributed by atoms with van der Waals surface area (Å²) in [5.74, 6) is 1.50. The van der Waals surface area contributed by atoms with Crippen LogP contribution in [0.2, 0.25) is 0 Å². The van der Waals surface area contributed by atoms with Crippen molar-refractivity contribution in [1.29, 1.82) is 0 Å². The van der Waals surface area contributed by atoms with Gasteiger partial charge in [0.15, 0.2) is 0 Å². The maximum Gasteiger partial charge on any atom is 0.261 e. The number of fused-ring (bicyclic) bond motifs is 1. The number of hydrogen-bond donors (Lipinski definition) is 1. The number of aryl methyl sites for hydroxylation is 1. The molecule has 0 spiro atoms. The smallest absolute Gasteiger partial charge is 0.261 e. The monoisotopic (exact) mass is 419 g/mol. The highest BCUT2D eigenvalue weighted by Gasteiger charge is 2.19. The fourth-order valence-electron chi connectivity index (χ4n) is 3.23. The van der Waals surface area contributed by atoms with Crippen molar-refractivity contribution in [3.63, 3.8) is 0 Å². The van der Waals surface area contributed by atoms with Gasteiger partial charge in [-0.3, -0.25) is 14.2 Å². The molecule has 31 heavy (non-hydrogen) atoms. The molecular weight excluding hydrogens is 398 g/mol. The summed E-state index contributed by atoms with van der Waals surface area (Å²) in [5.41, 5.74) is 1.11. The third kappa shape index (κ3) is 4.16. The van der Waals surface area contributed by atoms with Crippen molar-refractivity contribution in [2.75, 3.05) is 7.11 Å². The normalized spacial score (nSPS) is 12.0. The van der Waals surface area contributed by atoms with Crippen LogP contribution in [0, 0.1) is 6.92 Å². The van der Waals surface area contributed by atoms with Gasteiger partial charge >= 0.3 is 0 Å². The number of rotatable bonds is 6. The summed E-state index contributed by atoms with van der Waals surface area (Å²) in [6, 6.07) is 13.8. The first-order valence-corrected chi connectivity index (χ1v) is 9.70. The molecule has 2 aromatic heterocycles. The Balaban J connectivity index is 1.47. The maximum atomic E-state index is 12.7. The third-order valence-corrected chi connectivity index (χ3v) is 4.89. The Bertz CT molecular complexity index is 1290. The molecule has 4 rings (SSSR count). The van der Waals surface area contributed by atoms with Gasteiger partial charge in [0.2, 0.25) is 17.6 Å². The van der Waals surface area contributed by atoms with Crippen LogP contribution in [0.15, 0.2) is 57.8 Å². The van der Waals surface area contributed by atoms with E-state index in [4.69, 9.17) is 9.26 Å². The number of benzene rings is 2. The SMILES string of the molecule is COc1ccc(-c2noc([C@H](C)NC(=O)Cn3c(C)nc4ccccc4c3=O)n2)cc1. The molecule has 0 radical (unpaired) electrons. The number of para-hydroxylation sites is 1. The summed E-state index contributed by atoms with van der Waals surface area (Å²) >= 11 is 0. The predicted molar refractivity (Wildman–Crippen MR) is 114 cm³/mol. The lowest BCUT2D eigenvalue weighted by atomic mass is 10.2. The summed E-state index contributed by atoms with van der Waals surface area (Å²) in [5, 5.41) is 7.23. The van der Waals surface area contributed by atoms with Crippen molar-refractivity contribution in [2.24, 2.45) is 0 Å². The van der Waals surface area contributed by atoms with Gasteiger partial charge in [-0.2, -0.15) is 4.98 Å². The average molecular weight is 419 g/mol. The van der Waals surface area contributed by atoms with Crippen molar-refractivity contribution in [3.05, 3.63) is 70.6 Å². The molecule has 0 aliphatic carbocycles. The van der Waals surface area contributed by atoms with Crippen LogP contribution in [0.5, 0.6) is 5.75 Å². The van der Waals surface area contributed by atoms with Gasteiger partial charge in [0, 0.05) is 5.56 Å². The van der Waals surface area contributed by atoms with E-state index in [-0.39, 0.29) is 23.9 Å². The summed E-state index contributed by atoms with van der Waals surface area (Å²) in [7, 11) is 1.59. The van der Waals surface area contributed by atoms with Gasteiger partial charge in [-0.25, -0.2) is 4.98 Å². The molecule has 9 heteroatoms. The molecule has 158 valence electrons. The van der Waals surface area contributed by atoms with Crippen LogP contribution in [0.4, 0.5) is 0 Å². The molecular formula is C22H21N5O4. The second-order valence-electron chi connectivity index (χ2n) is 7.04. The molecule has 0 saturated heterocycles. The standard InChI is InChI=1S/C22H21N5O4/c1-13(21-25-20(26-31-21)15-8-10-16(30-3)11-9-15)23-19(28)12-27-14(2)24-18-7-5-4-6-17(18)22(27)29/h4-11,13H,12H2,1-3H3,(H,23,28)/t13-/m0/s1. The van der Waals surface area contributed by atoms with Gasteiger partial charge in [-0.15, -0.1) is 0 Å². The number of carbonyl (C=O) groups excluding carboxylic acids is 1. The van der Waals surface area contributed by atoms with Gasteiger partial charge in [0.25, 0.3) is 5.56 Å². The Hall–Kier alpha value is -4.01. The van der Waals surface area contributed by atoms with Gasteiger partial charge < -0.3 is 14.6 Å². The fraction of sp³-hybridized carbons (Fsp3) is 0.227. The lowest BCUT2D eigenvalue weighted by Crippen LogP contribution is -2.35. The number of amides is 1. The zero-order valence-electron chi connectivity index (χ0n) is 17.3. The van der Waals surface area contributed by atoms with Gasteiger partial charge in [0.05, 0.1) is 18.0 Å². The van der Waals surface area contributed by atoms with Crippen LogP contribution in [0.3, 0.4) is 0 Å². The first-order valence-electron chi connectivity index (χ1n) is 9.70. The number of nitrogens with one attached hydrogen (secondary N) is 1. The van der Waals surface area contributed by atoms with Gasteiger partial charge in [0.1, 0.15) is 24.2 Å². The Labute approximate surface area is 177 Å². The van der Waals surface area contributed by atoms with E-state index in [9.17, 15) is 9.59 Å². The number of aromatic nitrogens is 4. The second-order valence-corrected chi connectivity index (χ2v) is 7.04. The van der Waals surface area contributed by atoms with Crippen LogP contribution in [-0.2, 0) is 11.3 Å².